The van der Waals surface area contributed by atoms with Gasteiger partial charge in [-0.05, 0) is 64.2 Å². The second kappa shape index (κ2) is 11.3. The first-order valence-electron chi connectivity index (χ1n) is 11.7. The van der Waals surface area contributed by atoms with Gasteiger partial charge in [0.1, 0.15) is 18.0 Å². The number of methoxy groups -OCH3 is 1. The Hall–Kier alpha value is -2.52. The molecule has 1 aromatic heterocycles. The van der Waals surface area contributed by atoms with Crippen molar-refractivity contribution in [2.45, 2.75) is 57.8 Å². The van der Waals surface area contributed by atoms with Crippen LogP contribution in [0.5, 0.6) is 5.75 Å². The summed E-state index contributed by atoms with van der Waals surface area (Å²) in [6, 6.07) is 7.45. The molecule has 2 aromatic rings. The van der Waals surface area contributed by atoms with Gasteiger partial charge in [-0.15, -0.1) is 0 Å². The van der Waals surface area contributed by atoms with Crippen molar-refractivity contribution < 1.29 is 14.3 Å². The summed E-state index contributed by atoms with van der Waals surface area (Å²) in [5.41, 5.74) is 7.25. The number of nitrogens with one attached hydrogen (secondary N) is 1. The zero-order chi connectivity index (χ0) is 24.9. The lowest BCUT2D eigenvalue weighted by Crippen LogP contribution is -2.55. The molecule has 9 heteroatoms. The number of hydrogen-bond acceptors (Lipinski definition) is 7. The number of rotatable bonds is 11. The highest BCUT2D eigenvalue weighted by Crippen LogP contribution is 2.30. The quantitative estimate of drug-likeness (QED) is 0.501. The van der Waals surface area contributed by atoms with E-state index in [0.717, 1.165) is 40.9 Å². The van der Waals surface area contributed by atoms with E-state index in [1.54, 1.807) is 34.9 Å². The molecule has 2 heterocycles. The normalized spacial score (nSPS) is 17.2. The van der Waals surface area contributed by atoms with Gasteiger partial charge in [0, 0.05) is 30.2 Å². The summed E-state index contributed by atoms with van der Waals surface area (Å²) in [4.78, 5) is 33.6. The summed E-state index contributed by atoms with van der Waals surface area (Å²) in [5, 5.41) is 4.56. The minimum Gasteiger partial charge on any atom is -0.497 e. The van der Waals surface area contributed by atoms with Crippen LogP contribution in [0.1, 0.15) is 40.0 Å². The lowest BCUT2D eigenvalue weighted by atomic mass is 10.1. The number of thioether (sulfide) groups is 1. The Bertz CT molecular complexity index is 1020. The average molecular weight is 488 g/mol. The summed E-state index contributed by atoms with van der Waals surface area (Å²) < 4.78 is 5.44. The summed E-state index contributed by atoms with van der Waals surface area (Å²) in [6.45, 7) is 6.64. The number of anilines is 1. The lowest BCUT2D eigenvalue weighted by Gasteiger charge is -2.38. The van der Waals surface area contributed by atoms with E-state index < -0.39 is 11.7 Å². The molecule has 0 saturated carbocycles. The Morgan fingerprint density at radius 3 is 2.82 bits per heavy atom. The SMILES string of the molecule is COc1cc(NC(C)CCCN2C(=O)CN(C(=O)[C@H](N)CCSC)C2(C)C)c2ncccc2c1. The van der Waals surface area contributed by atoms with Gasteiger partial charge in [-0.3, -0.25) is 14.6 Å². The molecule has 2 atom stereocenters. The number of hydrogen-bond donors (Lipinski definition) is 2. The minimum absolute atomic E-state index is 0.0287. The first-order chi connectivity index (χ1) is 16.2. The fourth-order valence-corrected chi connectivity index (χ4v) is 4.95. The molecule has 186 valence electrons. The zero-order valence-corrected chi connectivity index (χ0v) is 21.7. The van der Waals surface area contributed by atoms with Crippen LogP contribution in [0.2, 0.25) is 0 Å². The molecule has 1 aliphatic heterocycles. The van der Waals surface area contributed by atoms with Gasteiger partial charge in [-0.25, -0.2) is 0 Å². The Kier molecular flexibility index (Phi) is 8.65. The van der Waals surface area contributed by atoms with E-state index in [-0.39, 0.29) is 24.4 Å². The highest BCUT2D eigenvalue weighted by molar-refractivity contribution is 7.98. The summed E-state index contributed by atoms with van der Waals surface area (Å²) >= 11 is 1.66. The number of ether oxygens (including phenoxy) is 1. The monoisotopic (exact) mass is 487 g/mol. The van der Waals surface area contributed by atoms with E-state index in [2.05, 4.69) is 17.2 Å². The van der Waals surface area contributed by atoms with Crippen molar-refractivity contribution in [2.75, 3.05) is 37.5 Å². The Labute approximate surface area is 206 Å². The summed E-state index contributed by atoms with van der Waals surface area (Å²) in [5.74, 6) is 1.42. The second-order valence-corrected chi connectivity index (χ2v) is 10.3. The lowest BCUT2D eigenvalue weighted by molar-refractivity contribution is -0.139. The van der Waals surface area contributed by atoms with E-state index >= 15 is 0 Å². The highest BCUT2D eigenvalue weighted by Gasteiger charge is 2.47. The molecule has 0 spiro atoms. The molecule has 0 aliphatic carbocycles. The first kappa shape index (κ1) is 26.1. The van der Waals surface area contributed by atoms with Gasteiger partial charge in [0.2, 0.25) is 11.8 Å². The topological polar surface area (TPSA) is 101 Å². The molecule has 1 aliphatic rings. The molecule has 3 N–H and O–H groups in total. The number of pyridine rings is 1. The number of aromatic nitrogens is 1. The predicted molar refractivity (Wildman–Crippen MR) is 139 cm³/mol. The number of fused-ring (bicyclic) bond motifs is 1. The third-order valence-electron chi connectivity index (χ3n) is 6.47. The molecule has 8 nitrogen and oxygen atoms in total. The van der Waals surface area contributed by atoms with E-state index in [9.17, 15) is 9.59 Å². The smallest absolute Gasteiger partial charge is 0.244 e. The third kappa shape index (κ3) is 5.75. The second-order valence-electron chi connectivity index (χ2n) is 9.29. The van der Waals surface area contributed by atoms with Crippen LogP contribution in [0.15, 0.2) is 30.5 Å². The van der Waals surface area contributed by atoms with E-state index in [0.29, 0.717) is 13.0 Å². The van der Waals surface area contributed by atoms with Crippen LogP contribution in [0.4, 0.5) is 5.69 Å². The van der Waals surface area contributed by atoms with Crippen molar-refractivity contribution in [3.8, 4) is 5.75 Å². The molecule has 1 unspecified atom stereocenters. The van der Waals surface area contributed by atoms with Crippen LogP contribution in [0.3, 0.4) is 0 Å². The maximum atomic E-state index is 12.9. The van der Waals surface area contributed by atoms with Crippen molar-refractivity contribution in [1.82, 2.24) is 14.8 Å². The average Bonchev–Trinajstić information content (AvgIpc) is 3.04. The number of carbonyl (C=O) groups excluding carboxylic acids is 2. The van der Waals surface area contributed by atoms with Gasteiger partial charge in [0.15, 0.2) is 0 Å². The molecule has 1 aromatic carbocycles. The van der Waals surface area contributed by atoms with Gasteiger partial charge in [-0.1, -0.05) is 6.07 Å². The highest BCUT2D eigenvalue weighted by atomic mass is 32.2. The molecule has 1 fully saturated rings. The van der Waals surface area contributed by atoms with Crippen molar-refractivity contribution in [3.63, 3.8) is 0 Å². The Morgan fingerprint density at radius 1 is 1.35 bits per heavy atom. The van der Waals surface area contributed by atoms with Crippen molar-refractivity contribution >= 4 is 40.2 Å². The van der Waals surface area contributed by atoms with Gasteiger partial charge in [0.25, 0.3) is 0 Å². The Morgan fingerprint density at radius 2 is 2.12 bits per heavy atom. The number of nitrogens with two attached hydrogens (primary N) is 1. The molecular formula is C25H37N5O3S. The molecule has 0 bridgehead atoms. The van der Waals surface area contributed by atoms with Crippen LogP contribution in [-0.4, -0.2) is 76.6 Å². The molecular weight excluding hydrogens is 450 g/mol. The largest absolute Gasteiger partial charge is 0.497 e. The predicted octanol–water partition coefficient (Wildman–Crippen LogP) is 3.31. The van der Waals surface area contributed by atoms with Crippen molar-refractivity contribution in [2.24, 2.45) is 5.73 Å². The zero-order valence-electron chi connectivity index (χ0n) is 20.8. The fourth-order valence-electron chi connectivity index (χ4n) is 4.47. The van der Waals surface area contributed by atoms with E-state index in [1.807, 2.05) is 44.4 Å². The van der Waals surface area contributed by atoms with Gasteiger partial charge < -0.3 is 25.6 Å². The van der Waals surface area contributed by atoms with Gasteiger partial charge >= 0.3 is 0 Å². The molecule has 1 saturated heterocycles. The summed E-state index contributed by atoms with van der Waals surface area (Å²) in [7, 11) is 1.66. The van der Waals surface area contributed by atoms with Gasteiger partial charge in [0.05, 0.1) is 24.4 Å². The fraction of sp³-hybridized carbons (Fsp3) is 0.560. The molecule has 2 amide bonds. The molecule has 34 heavy (non-hydrogen) atoms. The maximum Gasteiger partial charge on any atom is 0.244 e. The van der Waals surface area contributed by atoms with Gasteiger partial charge in [-0.2, -0.15) is 11.8 Å². The number of nitrogens with zero attached hydrogens (tertiary/aromatic N) is 3. The molecule has 3 rings (SSSR count). The van der Waals surface area contributed by atoms with Crippen LogP contribution in [-0.2, 0) is 9.59 Å². The van der Waals surface area contributed by atoms with E-state index in [1.165, 1.54) is 0 Å². The van der Waals surface area contributed by atoms with Crippen molar-refractivity contribution in [3.05, 3.63) is 30.5 Å². The third-order valence-corrected chi connectivity index (χ3v) is 7.11. The molecule has 0 radical (unpaired) electrons. The Balaban J connectivity index is 1.59. The number of benzene rings is 1. The number of amides is 2. The first-order valence-corrected chi connectivity index (χ1v) is 13.1. The minimum atomic E-state index is -0.686. The number of carbonyl (C=O) groups is 2. The maximum absolute atomic E-state index is 12.9. The van der Waals surface area contributed by atoms with Crippen LogP contribution in [0.25, 0.3) is 10.9 Å². The van der Waals surface area contributed by atoms with Crippen molar-refractivity contribution in [1.29, 1.82) is 0 Å². The van der Waals surface area contributed by atoms with Crippen LogP contribution < -0.4 is 15.8 Å². The van der Waals surface area contributed by atoms with E-state index in [4.69, 9.17) is 10.5 Å². The van der Waals surface area contributed by atoms with Crippen LogP contribution >= 0.6 is 11.8 Å². The standard InChI is InChI=1S/C25H37N5O3S/c1-17(28-21-15-19(33-4)14-18-9-6-11-27-23(18)21)8-7-12-29-22(31)16-30(25(29,2)3)24(32)20(26)10-13-34-5/h6,9,11,14-15,17,20,28H,7-8,10,12-13,16,26H2,1-5H3/t17?,20-/m1/s1. The summed E-state index contributed by atoms with van der Waals surface area (Å²) in [6.07, 6.45) is 6.04. The van der Waals surface area contributed by atoms with Crippen LogP contribution in [0, 0.1) is 0 Å².